The molecule has 1 aromatic heterocycles. The van der Waals surface area contributed by atoms with E-state index in [0.717, 1.165) is 23.8 Å². The Morgan fingerprint density at radius 2 is 2.44 bits per heavy atom. The van der Waals surface area contributed by atoms with Crippen molar-refractivity contribution in [3.8, 4) is 0 Å². The van der Waals surface area contributed by atoms with Crippen molar-refractivity contribution in [1.29, 1.82) is 0 Å². The molecular weight excluding hydrogens is 224 g/mol. The van der Waals surface area contributed by atoms with Crippen LogP contribution in [0.5, 0.6) is 0 Å². The van der Waals surface area contributed by atoms with Gasteiger partial charge in [0, 0.05) is 18.5 Å². The number of rotatable bonds is 3. The number of carboxylic acids is 1. The molecule has 0 aromatic carbocycles. The highest BCUT2D eigenvalue weighted by Crippen LogP contribution is 2.30. The van der Waals surface area contributed by atoms with Gasteiger partial charge in [-0.25, -0.2) is 4.98 Å². The Kier molecular flexibility index (Phi) is 3.14. The maximum atomic E-state index is 11.0. The molecule has 4 nitrogen and oxygen atoms in total. The molecule has 16 heavy (non-hydrogen) atoms. The fraction of sp³-hybridized carbons (Fsp3) is 0.636. The van der Waals surface area contributed by atoms with Crippen LogP contribution in [0.2, 0.25) is 0 Å². The van der Waals surface area contributed by atoms with Gasteiger partial charge in [-0.05, 0) is 12.3 Å². The van der Waals surface area contributed by atoms with Crippen molar-refractivity contribution in [1.82, 2.24) is 4.98 Å². The summed E-state index contributed by atoms with van der Waals surface area (Å²) >= 11 is 1.61. The largest absolute Gasteiger partial charge is 0.481 e. The monoisotopic (exact) mass is 240 g/mol. The number of carboxylic acid groups (broad SMARTS) is 1. The van der Waals surface area contributed by atoms with E-state index in [1.54, 1.807) is 11.3 Å². The molecule has 1 aliphatic rings. The molecule has 1 fully saturated rings. The second-order valence-electron chi connectivity index (χ2n) is 4.30. The Hall–Kier alpha value is -1.10. The molecule has 88 valence electrons. The highest BCUT2D eigenvalue weighted by atomic mass is 32.1. The molecule has 1 aromatic rings. The number of thiazole rings is 1. The molecule has 2 atom stereocenters. The van der Waals surface area contributed by atoms with Gasteiger partial charge in [0.25, 0.3) is 0 Å². The predicted octanol–water partition coefficient (Wildman–Crippen LogP) is 1.86. The minimum atomic E-state index is -0.692. The Bertz CT molecular complexity index is 391. The first kappa shape index (κ1) is 11.4. The average Bonchev–Trinajstić information content (AvgIpc) is 2.83. The number of hydrogen-bond acceptors (Lipinski definition) is 4. The van der Waals surface area contributed by atoms with Gasteiger partial charge in [-0.2, -0.15) is 0 Å². The van der Waals surface area contributed by atoms with E-state index in [1.165, 1.54) is 0 Å². The maximum absolute atomic E-state index is 11.0. The molecule has 5 heteroatoms. The summed E-state index contributed by atoms with van der Waals surface area (Å²) in [6.45, 7) is 5.46. The molecule has 0 spiro atoms. The van der Waals surface area contributed by atoms with Crippen LogP contribution < -0.4 is 4.90 Å². The summed E-state index contributed by atoms with van der Waals surface area (Å²) in [7, 11) is 0. The van der Waals surface area contributed by atoms with Crippen LogP contribution in [0.4, 0.5) is 5.13 Å². The van der Waals surface area contributed by atoms with E-state index in [-0.39, 0.29) is 11.8 Å². The number of nitrogens with zero attached hydrogens (tertiary/aromatic N) is 2. The maximum Gasteiger partial charge on any atom is 0.308 e. The van der Waals surface area contributed by atoms with Gasteiger partial charge in [0.05, 0.1) is 11.6 Å². The van der Waals surface area contributed by atoms with Crippen LogP contribution in [-0.4, -0.2) is 29.1 Å². The van der Waals surface area contributed by atoms with Crippen molar-refractivity contribution >= 4 is 22.4 Å². The first-order valence-electron chi connectivity index (χ1n) is 5.54. The Labute approximate surface area is 98.9 Å². The highest BCUT2D eigenvalue weighted by Gasteiger charge is 2.35. The molecule has 0 amide bonds. The van der Waals surface area contributed by atoms with E-state index in [0.29, 0.717) is 6.54 Å². The molecule has 0 radical (unpaired) electrons. The zero-order chi connectivity index (χ0) is 11.7. The highest BCUT2D eigenvalue weighted by molar-refractivity contribution is 7.13. The lowest BCUT2D eigenvalue weighted by Gasteiger charge is -2.13. The second-order valence-corrected chi connectivity index (χ2v) is 5.14. The summed E-state index contributed by atoms with van der Waals surface area (Å²) < 4.78 is 0. The van der Waals surface area contributed by atoms with Gasteiger partial charge in [-0.3, -0.25) is 4.79 Å². The van der Waals surface area contributed by atoms with Gasteiger partial charge in [0.2, 0.25) is 0 Å². The number of carbonyl (C=O) groups is 1. The number of aryl methyl sites for hydroxylation is 1. The van der Waals surface area contributed by atoms with Crippen LogP contribution in [0.25, 0.3) is 0 Å². The van der Waals surface area contributed by atoms with Crippen LogP contribution in [0.15, 0.2) is 5.38 Å². The van der Waals surface area contributed by atoms with Gasteiger partial charge in [-0.1, -0.05) is 13.8 Å². The van der Waals surface area contributed by atoms with Crippen LogP contribution >= 0.6 is 11.3 Å². The van der Waals surface area contributed by atoms with Crippen molar-refractivity contribution in [2.24, 2.45) is 11.8 Å². The predicted molar refractivity (Wildman–Crippen MR) is 64.0 cm³/mol. The third-order valence-electron chi connectivity index (χ3n) is 3.10. The molecule has 1 aliphatic heterocycles. The standard InChI is InChI=1S/C11H16N2O2S/c1-3-8-6-16-11(12-8)13-4-7(2)9(5-13)10(14)15/h6-7,9H,3-5H2,1-2H3,(H,14,15). The molecule has 0 saturated carbocycles. The van der Waals surface area contributed by atoms with E-state index in [9.17, 15) is 4.79 Å². The summed E-state index contributed by atoms with van der Waals surface area (Å²) in [5.74, 6) is -0.747. The van der Waals surface area contributed by atoms with Gasteiger partial charge < -0.3 is 10.0 Å². The van der Waals surface area contributed by atoms with Crippen LogP contribution in [0.1, 0.15) is 19.5 Å². The number of aromatic nitrogens is 1. The Morgan fingerprint density at radius 1 is 1.69 bits per heavy atom. The molecule has 2 unspecified atom stereocenters. The summed E-state index contributed by atoms with van der Waals surface area (Å²) in [6, 6.07) is 0. The van der Waals surface area contributed by atoms with E-state index >= 15 is 0 Å². The lowest BCUT2D eigenvalue weighted by atomic mass is 9.99. The summed E-state index contributed by atoms with van der Waals surface area (Å²) in [6.07, 6.45) is 0.933. The summed E-state index contributed by atoms with van der Waals surface area (Å²) in [5.41, 5.74) is 1.09. The van der Waals surface area contributed by atoms with Crippen molar-refractivity contribution in [2.75, 3.05) is 18.0 Å². The quantitative estimate of drug-likeness (QED) is 0.876. The van der Waals surface area contributed by atoms with E-state index in [2.05, 4.69) is 16.8 Å². The van der Waals surface area contributed by atoms with E-state index in [1.807, 2.05) is 12.3 Å². The van der Waals surface area contributed by atoms with Crippen LogP contribution in [0.3, 0.4) is 0 Å². The van der Waals surface area contributed by atoms with Gasteiger partial charge >= 0.3 is 5.97 Å². The number of anilines is 1. The topological polar surface area (TPSA) is 53.4 Å². The first-order valence-corrected chi connectivity index (χ1v) is 6.42. The molecule has 2 rings (SSSR count). The van der Waals surface area contributed by atoms with Crippen molar-refractivity contribution in [3.63, 3.8) is 0 Å². The molecule has 1 N–H and O–H groups in total. The van der Waals surface area contributed by atoms with E-state index < -0.39 is 5.97 Å². The Morgan fingerprint density at radius 3 is 2.94 bits per heavy atom. The molecule has 0 bridgehead atoms. The minimum Gasteiger partial charge on any atom is -0.481 e. The molecule has 2 heterocycles. The molecule has 0 aliphatic carbocycles. The minimum absolute atomic E-state index is 0.200. The fourth-order valence-corrected chi connectivity index (χ4v) is 2.98. The number of aliphatic carboxylic acids is 1. The van der Waals surface area contributed by atoms with Crippen LogP contribution in [0, 0.1) is 11.8 Å². The van der Waals surface area contributed by atoms with E-state index in [4.69, 9.17) is 5.11 Å². The molecular formula is C11H16N2O2S. The third kappa shape index (κ3) is 2.04. The summed E-state index contributed by atoms with van der Waals surface area (Å²) in [5, 5.41) is 12.1. The first-order chi connectivity index (χ1) is 7.61. The zero-order valence-electron chi connectivity index (χ0n) is 9.51. The summed E-state index contributed by atoms with van der Waals surface area (Å²) in [4.78, 5) is 17.6. The van der Waals surface area contributed by atoms with Crippen LogP contribution in [-0.2, 0) is 11.2 Å². The van der Waals surface area contributed by atoms with Crippen molar-refractivity contribution < 1.29 is 9.90 Å². The van der Waals surface area contributed by atoms with Gasteiger partial charge in [0.15, 0.2) is 5.13 Å². The average molecular weight is 240 g/mol. The normalized spacial score (nSPS) is 25.0. The smallest absolute Gasteiger partial charge is 0.308 e. The van der Waals surface area contributed by atoms with Crippen molar-refractivity contribution in [2.45, 2.75) is 20.3 Å². The van der Waals surface area contributed by atoms with Crippen molar-refractivity contribution in [3.05, 3.63) is 11.1 Å². The molecule has 1 saturated heterocycles. The number of hydrogen-bond donors (Lipinski definition) is 1. The lowest BCUT2D eigenvalue weighted by molar-refractivity contribution is -0.142. The SMILES string of the molecule is CCc1csc(N2CC(C)C(C(=O)O)C2)n1. The third-order valence-corrected chi connectivity index (χ3v) is 4.05. The van der Waals surface area contributed by atoms with Gasteiger partial charge in [-0.15, -0.1) is 11.3 Å². The fourth-order valence-electron chi connectivity index (χ4n) is 2.05. The second kappa shape index (κ2) is 4.41. The Balaban J connectivity index is 2.10. The zero-order valence-corrected chi connectivity index (χ0v) is 10.3. The lowest BCUT2D eigenvalue weighted by Crippen LogP contribution is -2.22. The van der Waals surface area contributed by atoms with Gasteiger partial charge in [0.1, 0.15) is 0 Å².